The maximum Gasteiger partial charge on any atom is 0.266 e. The van der Waals surface area contributed by atoms with Gasteiger partial charge in [0.15, 0.2) is 0 Å². The van der Waals surface area contributed by atoms with Gasteiger partial charge in [0.1, 0.15) is 10.6 Å². The Labute approximate surface area is 120 Å². The topological polar surface area (TPSA) is 56.3 Å². The molecule has 0 aliphatic carbocycles. The van der Waals surface area contributed by atoms with Crippen LogP contribution in [0.1, 0.15) is 0 Å². The Hall–Kier alpha value is -1.24. The van der Waals surface area contributed by atoms with E-state index in [2.05, 4.69) is 4.98 Å². The average molecular weight is 316 g/mol. The molecule has 0 amide bonds. The van der Waals surface area contributed by atoms with E-state index in [0.29, 0.717) is 5.75 Å². The molecule has 2 rings (SSSR count). The predicted octanol–water partition coefficient (Wildman–Crippen LogP) is 3.52. The molecule has 0 radical (unpaired) electrons. The molecule has 0 saturated heterocycles. The Morgan fingerprint density at radius 2 is 1.89 bits per heavy atom. The highest BCUT2D eigenvalue weighted by Crippen LogP contribution is 2.29. The summed E-state index contributed by atoms with van der Waals surface area (Å²) in [5.41, 5.74) is 0. The molecular weight excluding hydrogens is 306 g/mol. The van der Waals surface area contributed by atoms with Gasteiger partial charge in [0.05, 0.1) is 0 Å². The van der Waals surface area contributed by atoms with Crippen LogP contribution in [0.25, 0.3) is 0 Å². The number of thioether (sulfide) groups is 1. The highest BCUT2D eigenvalue weighted by Gasteiger charge is 2.18. The largest absolute Gasteiger partial charge is 0.438 e. The lowest BCUT2D eigenvalue weighted by Gasteiger charge is -2.07. The molecule has 1 aromatic heterocycles. The Balaban J connectivity index is 2.33. The molecule has 0 N–H and O–H groups in total. The van der Waals surface area contributed by atoms with Gasteiger partial charge < -0.3 is 4.74 Å². The molecule has 0 aliphatic rings. The van der Waals surface area contributed by atoms with E-state index < -0.39 is 9.05 Å². The summed E-state index contributed by atoms with van der Waals surface area (Å²) in [5, 5.41) is 0. The maximum absolute atomic E-state index is 11.4. The number of aromatic nitrogens is 1. The lowest BCUT2D eigenvalue weighted by Crippen LogP contribution is -1.97. The average Bonchev–Trinajstić information content (AvgIpc) is 2.39. The Morgan fingerprint density at radius 1 is 1.21 bits per heavy atom. The van der Waals surface area contributed by atoms with Crippen LogP contribution < -0.4 is 4.74 Å². The van der Waals surface area contributed by atoms with Gasteiger partial charge in [-0.15, -0.1) is 11.8 Å². The van der Waals surface area contributed by atoms with Crippen molar-refractivity contribution in [3.8, 4) is 11.6 Å². The highest BCUT2D eigenvalue weighted by atomic mass is 35.7. The van der Waals surface area contributed by atoms with E-state index in [0.717, 1.165) is 4.90 Å². The van der Waals surface area contributed by atoms with Gasteiger partial charge in [-0.2, -0.15) is 0 Å². The summed E-state index contributed by atoms with van der Waals surface area (Å²) in [6.45, 7) is 0. The molecule has 2 aromatic rings. The smallest absolute Gasteiger partial charge is 0.266 e. The Bertz CT molecular complexity index is 672. The van der Waals surface area contributed by atoms with Gasteiger partial charge >= 0.3 is 0 Å². The van der Waals surface area contributed by atoms with Gasteiger partial charge in [-0.05, 0) is 42.7 Å². The van der Waals surface area contributed by atoms with E-state index in [1.165, 1.54) is 18.3 Å². The second-order valence-corrected chi connectivity index (χ2v) is 6.94. The number of rotatable bonds is 4. The second kappa shape index (κ2) is 5.81. The summed E-state index contributed by atoms with van der Waals surface area (Å²) < 4.78 is 28.2. The zero-order valence-electron chi connectivity index (χ0n) is 9.91. The van der Waals surface area contributed by atoms with Crippen molar-refractivity contribution in [2.75, 3.05) is 6.26 Å². The predicted molar refractivity (Wildman–Crippen MR) is 75.6 cm³/mol. The van der Waals surface area contributed by atoms with Crippen molar-refractivity contribution in [3.63, 3.8) is 0 Å². The minimum absolute atomic E-state index is 0.0330. The van der Waals surface area contributed by atoms with E-state index in [-0.39, 0.29) is 10.8 Å². The number of nitrogens with zero attached hydrogens (tertiary/aromatic N) is 1. The standard InChI is InChI=1S/C12H10ClNO3S2/c1-18-10-6-4-9(5-7-10)17-12-11(19(13,15)16)3-2-8-14-12/h2-8H,1H3. The van der Waals surface area contributed by atoms with Crippen LogP contribution in [-0.2, 0) is 9.05 Å². The molecular formula is C12H10ClNO3S2. The molecule has 0 atom stereocenters. The minimum atomic E-state index is -3.89. The van der Waals surface area contributed by atoms with Crippen molar-refractivity contribution in [2.45, 2.75) is 9.79 Å². The molecule has 1 heterocycles. The molecule has 1 aromatic carbocycles. The van der Waals surface area contributed by atoms with Crippen LogP contribution in [0.15, 0.2) is 52.4 Å². The normalized spacial score (nSPS) is 11.3. The van der Waals surface area contributed by atoms with E-state index in [1.807, 2.05) is 18.4 Å². The van der Waals surface area contributed by atoms with Crippen molar-refractivity contribution in [1.29, 1.82) is 0 Å². The van der Waals surface area contributed by atoms with Crippen LogP contribution in [0.2, 0.25) is 0 Å². The number of benzene rings is 1. The molecule has 7 heteroatoms. The molecule has 0 fully saturated rings. The third-order valence-electron chi connectivity index (χ3n) is 2.27. The zero-order chi connectivity index (χ0) is 13.9. The van der Waals surface area contributed by atoms with Gasteiger partial charge in [0, 0.05) is 21.8 Å². The summed E-state index contributed by atoms with van der Waals surface area (Å²) in [4.78, 5) is 4.83. The molecule has 0 spiro atoms. The van der Waals surface area contributed by atoms with Crippen LogP contribution in [0.3, 0.4) is 0 Å². The number of ether oxygens (including phenoxy) is 1. The van der Waals surface area contributed by atoms with E-state index in [4.69, 9.17) is 15.4 Å². The maximum atomic E-state index is 11.4. The summed E-state index contributed by atoms with van der Waals surface area (Å²) in [6, 6.07) is 10.1. The van der Waals surface area contributed by atoms with Crippen LogP contribution in [-0.4, -0.2) is 19.7 Å². The van der Waals surface area contributed by atoms with Crippen molar-refractivity contribution in [1.82, 2.24) is 4.98 Å². The summed E-state index contributed by atoms with van der Waals surface area (Å²) in [5.74, 6) is 0.465. The fraction of sp³-hybridized carbons (Fsp3) is 0.0833. The monoisotopic (exact) mass is 315 g/mol. The molecule has 0 saturated carbocycles. The lowest BCUT2D eigenvalue weighted by molar-refractivity contribution is 0.447. The molecule has 0 aliphatic heterocycles. The first-order chi connectivity index (χ1) is 9.00. The van der Waals surface area contributed by atoms with Crippen molar-refractivity contribution in [3.05, 3.63) is 42.6 Å². The van der Waals surface area contributed by atoms with Crippen LogP contribution in [0.4, 0.5) is 0 Å². The number of hydrogen-bond donors (Lipinski definition) is 0. The third-order valence-corrected chi connectivity index (χ3v) is 4.35. The fourth-order valence-electron chi connectivity index (χ4n) is 1.39. The van der Waals surface area contributed by atoms with Gasteiger partial charge in [-0.1, -0.05) is 0 Å². The fourth-order valence-corrected chi connectivity index (χ4v) is 2.70. The first kappa shape index (κ1) is 14.2. The van der Waals surface area contributed by atoms with Gasteiger partial charge in [-0.3, -0.25) is 0 Å². The minimum Gasteiger partial charge on any atom is -0.438 e. The van der Waals surface area contributed by atoms with Crippen molar-refractivity contribution < 1.29 is 13.2 Å². The van der Waals surface area contributed by atoms with E-state index in [9.17, 15) is 8.42 Å². The number of halogens is 1. The Kier molecular flexibility index (Phi) is 4.34. The first-order valence-electron chi connectivity index (χ1n) is 5.22. The van der Waals surface area contributed by atoms with Gasteiger partial charge in [0.2, 0.25) is 5.88 Å². The molecule has 0 unspecified atom stereocenters. The van der Waals surface area contributed by atoms with Crippen molar-refractivity contribution in [2.24, 2.45) is 0 Å². The van der Waals surface area contributed by atoms with Crippen LogP contribution >= 0.6 is 22.4 Å². The molecule has 100 valence electrons. The SMILES string of the molecule is CSc1ccc(Oc2ncccc2S(=O)(=O)Cl)cc1. The van der Waals surface area contributed by atoms with Crippen molar-refractivity contribution >= 4 is 31.5 Å². The summed E-state index contributed by atoms with van der Waals surface area (Å²) >= 11 is 1.60. The quantitative estimate of drug-likeness (QED) is 0.638. The summed E-state index contributed by atoms with van der Waals surface area (Å²) in [6.07, 6.45) is 3.41. The highest BCUT2D eigenvalue weighted by molar-refractivity contribution is 8.13. The third kappa shape index (κ3) is 3.62. The van der Waals surface area contributed by atoms with Crippen LogP contribution in [0, 0.1) is 0 Å². The number of pyridine rings is 1. The molecule has 0 bridgehead atoms. The lowest BCUT2D eigenvalue weighted by atomic mass is 10.3. The van der Waals surface area contributed by atoms with E-state index >= 15 is 0 Å². The van der Waals surface area contributed by atoms with Gasteiger partial charge in [0.25, 0.3) is 9.05 Å². The van der Waals surface area contributed by atoms with E-state index in [1.54, 1.807) is 23.9 Å². The number of hydrogen-bond acceptors (Lipinski definition) is 5. The second-order valence-electron chi connectivity index (χ2n) is 3.52. The van der Waals surface area contributed by atoms with Gasteiger partial charge in [-0.25, -0.2) is 13.4 Å². The Morgan fingerprint density at radius 3 is 2.47 bits per heavy atom. The summed E-state index contributed by atoms with van der Waals surface area (Å²) in [7, 11) is 1.44. The zero-order valence-corrected chi connectivity index (χ0v) is 12.3. The molecule has 19 heavy (non-hydrogen) atoms. The van der Waals surface area contributed by atoms with Crippen LogP contribution in [0.5, 0.6) is 11.6 Å². The molecule has 4 nitrogen and oxygen atoms in total. The first-order valence-corrected chi connectivity index (χ1v) is 8.75.